The van der Waals surface area contributed by atoms with Gasteiger partial charge < -0.3 is 0 Å². The lowest BCUT2D eigenvalue weighted by molar-refractivity contribution is -0.191. The van der Waals surface area contributed by atoms with Crippen LogP contribution in [0.2, 0.25) is 0 Å². The molecule has 2 nitrogen and oxygen atoms in total. The number of hydrogen-bond donors (Lipinski definition) is 0. The maximum Gasteiger partial charge on any atom is 0.373 e. The Kier molecular flexibility index (Phi) is 4.93. The van der Waals surface area contributed by atoms with Crippen LogP contribution in [0.3, 0.4) is 0 Å². The van der Waals surface area contributed by atoms with Crippen molar-refractivity contribution in [2.75, 3.05) is 0 Å². The fourth-order valence-corrected chi connectivity index (χ4v) is 0.534. The lowest BCUT2D eigenvalue weighted by Crippen LogP contribution is -1.62. The van der Waals surface area contributed by atoms with Crippen LogP contribution in [0.15, 0.2) is 30.3 Å². The Bertz CT molecular complexity index is 198. The summed E-state index contributed by atoms with van der Waals surface area (Å²) in [5.74, 6) is 0. The Morgan fingerprint density at radius 2 is 1.50 bits per heavy atom. The average Bonchev–Trinajstić information content (AvgIpc) is 1.91. The number of aryl methyl sites for hydroxylation is 1. The second-order valence-electron chi connectivity index (χ2n) is 1.74. The third-order valence-corrected chi connectivity index (χ3v) is 0.940. The zero-order valence-corrected chi connectivity index (χ0v) is 5.70. The molecule has 0 aliphatic carbocycles. The van der Waals surface area contributed by atoms with Gasteiger partial charge in [0.2, 0.25) is 0 Å². The predicted molar refractivity (Wildman–Crippen MR) is 36.2 cm³/mol. The van der Waals surface area contributed by atoms with Crippen molar-refractivity contribution in [1.82, 2.24) is 0 Å². The van der Waals surface area contributed by atoms with E-state index in [4.69, 9.17) is 9.59 Å². The minimum Gasteiger partial charge on any atom is -0.186 e. The molecule has 10 heavy (non-hydrogen) atoms. The number of carbonyl (C=O) groups excluding carboxylic acids is 2. The Morgan fingerprint density at radius 3 is 1.70 bits per heavy atom. The Labute approximate surface area is 59.5 Å². The summed E-state index contributed by atoms with van der Waals surface area (Å²) in [6.45, 7) is 2.08. The number of hydrogen-bond acceptors (Lipinski definition) is 2. The predicted octanol–water partition coefficient (Wildman–Crippen LogP) is 1.41. The van der Waals surface area contributed by atoms with Crippen molar-refractivity contribution < 1.29 is 9.59 Å². The second kappa shape index (κ2) is 5.73. The van der Waals surface area contributed by atoms with Gasteiger partial charge in [-0.25, -0.2) is 0 Å². The molecule has 0 radical (unpaired) electrons. The van der Waals surface area contributed by atoms with Gasteiger partial charge in [0.25, 0.3) is 0 Å². The third-order valence-electron chi connectivity index (χ3n) is 0.940. The first kappa shape index (κ1) is 8.60. The first-order chi connectivity index (χ1) is 4.81. The standard InChI is InChI=1S/C7H8.CO2/c1-7-5-3-2-4-6-7;2-1-3/h2-6H,1H3;. The highest BCUT2D eigenvalue weighted by molar-refractivity contribution is 5.20. The fraction of sp³-hybridized carbons (Fsp3) is 0.125. The second-order valence-corrected chi connectivity index (χ2v) is 1.74. The van der Waals surface area contributed by atoms with Crippen LogP contribution < -0.4 is 0 Å². The molecule has 0 heterocycles. The summed E-state index contributed by atoms with van der Waals surface area (Å²) in [6, 6.07) is 10.3. The van der Waals surface area contributed by atoms with Crippen LogP contribution in [0.5, 0.6) is 0 Å². The van der Waals surface area contributed by atoms with Crippen molar-refractivity contribution in [2.45, 2.75) is 6.92 Å². The lowest BCUT2D eigenvalue weighted by atomic mass is 10.2. The molecule has 0 atom stereocenters. The van der Waals surface area contributed by atoms with Crippen LogP contribution in [-0.2, 0) is 9.59 Å². The van der Waals surface area contributed by atoms with Crippen LogP contribution in [0.1, 0.15) is 5.56 Å². The van der Waals surface area contributed by atoms with Crippen molar-refractivity contribution >= 4 is 6.15 Å². The van der Waals surface area contributed by atoms with Gasteiger partial charge in [-0.1, -0.05) is 35.9 Å². The molecule has 2 heteroatoms. The summed E-state index contributed by atoms with van der Waals surface area (Å²) < 4.78 is 0. The van der Waals surface area contributed by atoms with Crippen LogP contribution in [0, 0.1) is 6.92 Å². The zero-order chi connectivity index (χ0) is 7.82. The van der Waals surface area contributed by atoms with Gasteiger partial charge in [0.15, 0.2) is 0 Å². The summed E-state index contributed by atoms with van der Waals surface area (Å²) in [5, 5.41) is 0. The van der Waals surface area contributed by atoms with E-state index in [9.17, 15) is 0 Å². The van der Waals surface area contributed by atoms with Crippen molar-refractivity contribution in [1.29, 1.82) is 0 Å². The summed E-state index contributed by atoms with van der Waals surface area (Å²) in [7, 11) is 0. The van der Waals surface area contributed by atoms with Crippen LogP contribution >= 0.6 is 0 Å². The van der Waals surface area contributed by atoms with E-state index in [1.807, 2.05) is 18.2 Å². The highest BCUT2D eigenvalue weighted by Gasteiger charge is 1.72. The normalized spacial score (nSPS) is 6.90. The third kappa shape index (κ3) is 4.75. The van der Waals surface area contributed by atoms with Crippen molar-refractivity contribution in [2.24, 2.45) is 0 Å². The van der Waals surface area contributed by atoms with Gasteiger partial charge in [-0.05, 0) is 6.92 Å². The maximum absolute atomic E-state index is 8.12. The quantitative estimate of drug-likeness (QED) is 0.540. The lowest BCUT2D eigenvalue weighted by Gasteiger charge is -1.82. The van der Waals surface area contributed by atoms with Gasteiger partial charge in [-0.2, -0.15) is 9.59 Å². The summed E-state index contributed by atoms with van der Waals surface area (Å²) in [6.07, 6.45) is 0.250. The summed E-state index contributed by atoms with van der Waals surface area (Å²) in [5.41, 5.74) is 1.32. The van der Waals surface area contributed by atoms with Crippen molar-refractivity contribution in [3.05, 3.63) is 35.9 Å². The number of benzene rings is 1. The van der Waals surface area contributed by atoms with E-state index in [2.05, 4.69) is 19.1 Å². The largest absolute Gasteiger partial charge is 0.373 e. The molecular weight excluding hydrogens is 128 g/mol. The van der Waals surface area contributed by atoms with E-state index in [0.29, 0.717) is 0 Å². The Morgan fingerprint density at radius 1 is 1.10 bits per heavy atom. The monoisotopic (exact) mass is 136 g/mol. The SMILES string of the molecule is Cc1ccccc1.O=C=O. The molecule has 1 rings (SSSR count). The molecule has 0 spiro atoms. The highest BCUT2D eigenvalue weighted by Crippen LogP contribution is 1.92. The van der Waals surface area contributed by atoms with E-state index in [1.165, 1.54) is 5.56 Å². The van der Waals surface area contributed by atoms with E-state index in [0.717, 1.165) is 0 Å². The maximum atomic E-state index is 8.12. The first-order valence-electron chi connectivity index (χ1n) is 2.82. The topological polar surface area (TPSA) is 34.1 Å². The molecule has 0 unspecified atom stereocenters. The molecule has 0 saturated carbocycles. The first-order valence-corrected chi connectivity index (χ1v) is 2.82. The molecule has 0 saturated heterocycles. The molecule has 0 amide bonds. The van der Waals surface area contributed by atoms with Crippen molar-refractivity contribution in [3.8, 4) is 0 Å². The highest BCUT2D eigenvalue weighted by atomic mass is 16.2. The van der Waals surface area contributed by atoms with Crippen molar-refractivity contribution in [3.63, 3.8) is 0 Å². The number of rotatable bonds is 0. The molecule has 0 fully saturated rings. The molecule has 0 aromatic heterocycles. The van der Waals surface area contributed by atoms with Gasteiger partial charge in [-0.15, -0.1) is 0 Å². The van der Waals surface area contributed by atoms with Gasteiger partial charge in [0, 0.05) is 0 Å². The van der Waals surface area contributed by atoms with Gasteiger partial charge in [0.05, 0.1) is 0 Å². The van der Waals surface area contributed by atoms with Crippen LogP contribution in [0.25, 0.3) is 0 Å². The van der Waals surface area contributed by atoms with Crippen LogP contribution in [-0.4, -0.2) is 6.15 Å². The average molecular weight is 136 g/mol. The molecule has 0 aliphatic rings. The van der Waals surface area contributed by atoms with E-state index < -0.39 is 0 Å². The minimum atomic E-state index is 0.250. The molecule has 1 aromatic rings. The molecule has 0 bridgehead atoms. The molecule has 1 aromatic carbocycles. The molecular formula is C8H8O2. The molecule has 52 valence electrons. The molecule has 0 aliphatic heterocycles. The van der Waals surface area contributed by atoms with Crippen LogP contribution in [0.4, 0.5) is 0 Å². The molecule has 0 N–H and O–H groups in total. The van der Waals surface area contributed by atoms with Gasteiger partial charge in [0.1, 0.15) is 0 Å². The summed E-state index contributed by atoms with van der Waals surface area (Å²) >= 11 is 0. The van der Waals surface area contributed by atoms with Gasteiger partial charge >= 0.3 is 6.15 Å². The zero-order valence-electron chi connectivity index (χ0n) is 5.70. The fourth-order valence-electron chi connectivity index (χ4n) is 0.534. The van der Waals surface area contributed by atoms with E-state index in [1.54, 1.807) is 0 Å². The smallest absolute Gasteiger partial charge is 0.186 e. The van der Waals surface area contributed by atoms with E-state index >= 15 is 0 Å². The van der Waals surface area contributed by atoms with E-state index in [-0.39, 0.29) is 6.15 Å². The Hall–Kier alpha value is -1.40. The Balaban J connectivity index is 0.000000236. The minimum absolute atomic E-state index is 0.250. The van der Waals surface area contributed by atoms with Gasteiger partial charge in [-0.3, -0.25) is 0 Å². The summed E-state index contributed by atoms with van der Waals surface area (Å²) in [4.78, 5) is 16.2.